The Bertz CT molecular complexity index is 451. The summed E-state index contributed by atoms with van der Waals surface area (Å²) in [5.41, 5.74) is 0.113. The van der Waals surface area contributed by atoms with E-state index < -0.39 is 5.82 Å². The average molecular weight is 252 g/mol. The highest BCUT2D eigenvalue weighted by Crippen LogP contribution is 2.19. The number of hydrogen-bond donors (Lipinski definition) is 3. The molecule has 0 spiro atoms. The van der Waals surface area contributed by atoms with Crippen LogP contribution in [0.25, 0.3) is 0 Å². The molecule has 98 valence electrons. The van der Waals surface area contributed by atoms with Crippen LogP contribution in [0.2, 0.25) is 0 Å². The molecule has 3 N–H and O–H groups in total. The lowest BCUT2D eigenvalue weighted by molar-refractivity contribution is 0.0911. The first-order valence-corrected chi connectivity index (χ1v) is 6.08. The van der Waals surface area contributed by atoms with Crippen LogP contribution >= 0.6 is 0 Å². The van der Waals surface area contributed by atoms with E-state index in [1.54, 1.807) is 0 Å². The number of benzene rings is 1. The van der Waals surface area contributed by atoms with E-state index in [0.29, 0.717) is 5.92 Å². The number of carbonyl (C=O) groups is 1. The molecule has 2 unspecified atom stereocenters. The number of phenols is 1. The van der Waals surface area contributed by atoms with Crippen molar-refractivity contribution in [3.63, 3.8) is 0 Å². The molecule has 0 saturated carbocycles. The molecule has 0 bridgehead atoms. The Morgan fingerprint density at radius 2 is 2.33 bits per heavy atom. The topological polar surface area (TPSA) is 61.4 Å². The summed E-state index contributed by atoms with van der Waals surface area (Å²) in [4.78, 5) is 12.0. The molecule has 4 nitrogen and oxygen atoms in total. The van der Waals surface area contributed by atoms with Gasteiger partial charge in [0.15, 0.2) is 0 Å². The fourth-order valence-electron chi connectivity index (χ4n) is 2.17. The lowest BCUT2D eigenvalue weighted by Crippen LogP contribution is -2.48. The number of nitrogens with one attached hydrogen (secondary N) is 2. The molecule has 1 aliphatic rings. The molecular formula is C13H17FN2O2. The van der Waals surface area contributed by atoms with E-state index in [-0.39, 0.29) is 23.3 Å². The smallest absolute Gasteiger partial charge is 0.255 e. The Morgan fingerprint density at radius 1 is 1.56 bits per heavy atom. The van der Waals surface area contributed by atoms with Crippen molar-refractivity contribution in [1.29, 1.82) is 0 Å². The predicted molar refractivity (Wildman–Crippen MR) is 66.0 cm³/mol. The second-order valence-corrected chi connectivity index (χ2v) is 4.71. The van der Waals surface area contributed by atoms with Crippen molar-refractivity contribution >= 4 is 5.91 Å². The van der Waals surface area contributed by atoms with Crippen LogP contribution in [0.15, 0.2) is 18.2 Å². The predicted octanol–water partition coefficient (Wildman–Crippen LogP) is 1.26. The summed E-state index contributed by atoms with van der Waals surface area (Å²) in [6.45, 7) is 3.78. The zero-order valence-electron chi connectivity index (χ0n) is 10.2. The van der Waals surface area contributed by atoms with Gasteiger partial charge in [-0.25, -0.2) is 4.39 Å². The first-order valence-electron chi connectivity index (χ1n) is 6.08. The zero-order valence-corrected chi connectivity index (χ0v) is 10.2. The zero-order chi connectivity index (χ0) is 13.1. The number of rotatable bonds is 2. The molecule has 1 aliphatic heterocycles. The molecule has 2 rings (SSSR count). The summed E-state index contributed by atoms with van der Waals surface area (Å²) in [5.74, 6) is -0.898. The minimum atomic E-state index is -0.556. The van der Waals surface area contributed by atoms with Crippen LogP contribution in [-0.4, -0.2) is 30.1 Å². The van der Waals surface area contributed by atoms with Gasteiger partial charge in [0.2, 0.25) is 0 Å². The molecule has 1 aromatic rings. The molecule has 1 amide bonds. The van der Waals surface area contributed by atoms with Crippen LogP contribution in [0.5, 0.6) is 5.75 Å². The van der Waals surface area contributed by atoms with Gasteiger partial charge in [-0.15, -0.1) is 0 Å². The van der Waals surface area contributed by atoms with Crippen LogP contribution in [-0.2, 0) is 0 Å². The van der Waals surface area contributed by atoms with E-state index in [4.69, 9.17) is 0 Å². The lowest BCUT2D eigenvalue weighted by atomic mass is 9.95. The summed E-state index contributed by atoms with van der Waals surface area (Å²) >= 11 is 0. The molecule has 1 aromatic carbocycles. The van der Waals surface area contributed by atoms with Crippen LogP contribution in [0.4, 0.5) is 4.39 Å². The van der Waals surface area contributed by atoms with Crippen molar-refractivity contribution < 1.29 is 14.3 Å². The minimum Gasteiger partial charge on any atom is -0.507 e. The van der Waals surface area contributed by atoms with Gasteiger partial charge in [-0.05, 0) is 37.6 Å². The number of halogens is 1. The SMILES string of the molecule is CC1CNCCC1NC(=O)c1ccc(F)cc1O. The Balaban J connectivity index is 2.07. The normalized spacial score (nSPS) is 23.7. The van der Waals surface area contributed by atoms with Crippen molar-refractivity contribution in [2.45, 2.75) is 19.4 Å². The number of hydrogen-bond acceptors (Lipinski definition) is 3. The third kappa shape index (κ3) is 2.79. The fourth-order valence-corrected chi connectivity index (χ4v) is 2.17. The standard InChI is InChI=1S/C13H17FN2O2/c1-8-7-15-5-4-11(8)16-13(18)10-3-2-9(14)6-12(10)17/h2-3,6,8,11,15,17H,4-5,7H2,1H3,(H,16,18). The molecule has 0 radical (unpaired) electrons. The largest absolute Gasteiger partial charge is 0.507 e. The maximum absolute atomic E-state index is 12.8. The summed E-state index contributed by atoms with van der Waals surface area (Å²) in [7, 11) is 0. The van der Waals surface area contributed by atoms with Gasteiger partial charge in [0.25, 0.3) is 5.91 Å². The highest BCUT2D eigenvalue weighted by molar-refractivity contribution is 5.96. The molecule has 0 aromatic heterocycles. The number of phenolic OH excluding ortho intramolecular Hbond substituents is 1. The third-order valence-corrected chi connectivity index (χ3v) is 3.31. The Kier molecular flexibility index (Phi) is 3.81. The lowest BCUT2D eigenvalue weighted by Gasteiger charge is -2.30. The van der Waals surface area contributed by atoms with Gasteiger partial charge in [0, 0.05) is 12.1 Å². The molecule has 18 heavy (non-hydrogen) atoms. The molecule has 1 heterocycles. The van der Waals surface area contributed by atoms with Crippen LogP contribution in [0.1, 0.15) is 23.7 Å². The Labute approximate surface area is 105 Å². The molecular weight excluding hydrogens is 235 g/mol. The van der Waals surface area contributed by atoms with E-state index in [1.165, 1.54) is 12.1 Å². The number of aromatic hydroxyl groups is 1. The van der Waals surface area contributed by atoms with Crippen LogP contribution in [0.3, 0.4) is 0 Å². The Morgan fingerprint density at radius 3 is 3.00 bits per heavy atom. The van der Waals surface area contributed by atoms with E-state index in [1.807, 2.05) is 0 Å². The number of carbonyl (C=O) groups excluding carboxylic acids is 1. The van der Waals surface area contributed by atoms with E-state index in [0.717, 1.165) is 25.6 Å². The van der Waals surface area contributed by atoms with Crippen molar-refractivity contribution in [2.24, 2.45) is 5.92 Å². The van der Waals surface area contributed by atoms with Crippen LogP contribution in [0, 0.1) is 11.7 Å². The van der Waals surface area contributed by atoms with Gasteiger partial charge < -0.3 is 15.7 Å². The summed E-state index contributed by atoms with van der Waals surface area (Å²) in [5, 5.41) is 15.7. The highest BCUT2D eigenvalue weighted by Gasteiger charge is 2.24. The number of amides is 1. The maximum Gasteiger partial charge on any atom is 0.255 e. The maximum atomic E-state index is 12.8. The summed E-state index contributed by atoms with van der Waals surface area (Å²) in [6, 6.07) is 3.50. The second kappa shape index (κ2) is 5.35. The molecule has 0 aliphatic carbocycles. The minimum absolute atomic E-state index is 0.0863. The van der Waals surface area contributed by atoms with E-state index >= 15 is 0 Å². The summed E-state index contributed by atoms with van der Waals surface area (Å²) < 4.78 is 12.8. The van der Waals surface area contributed by atoms with Crippen molar-refractivity contribution in [3.05, 3.63) is 29.6 Å². The Hall–Kier alpha value is -1.62. The average Bonchev–Trinajstić information content (AvgIpc) is 2.32. The van der Waals surface area contributed by atoms with Gasteiger partial charge in [-0.1, -0.05) is 6.92 Å². The highest BCUT2D eigenvalue weighted by atomic mass is 19.1. The van der Waals surface area contributed by atoms with Gasteiger partial charge in [-0.2, -0.15) is 0 Å². The van der Waals surface area contributed by atoms with E-state index in [9.17, 15) is 14.3 Å². The van der Waals surface area contributed by atoms with Gasteiger partial charge in [0.1, 0.15) is 11.6 Å². The first-order chi connectivity index (χ1) is 8.58. The first kappa shape index (κ1) is 12.8. The van der Waals surface area contributed by atoms with E-state index in [2.05, 4.69) is 17.6 Å². The van der Waals surface area contributed by atoms with Crippen molar-refractivity contribution in [1.82, 2.24) is 10.6 Å². The molecule has 1 fully saturated rings. The van der Waals surface area contributed by atoms with Gasteiger partial charge >= 0.3 is 0 Å². The third-order valence-electron chi connectivity index (χ3n) is 3.31. The van der Waals surface area contributed by atoms with Gasteiger partial charge in [-0.3, -0.25) is 4.79 Å². The fraction of sp³-hybridized carbons (Fsp3) is 0.462. The summed E-state index contributed by atoms with van der Waals surface area (Å²) in [6.07, 6.45) is 0.856. The van der Waals surface area contributed by atoms with Gasteiger partial charge in [0.05, 0.1) is 5.56 Å². The second-order valence-electron chi connectivity index (χ2n) is 4.71. The van der Waals surface area contributed by atoms with Crippen molar-refractivity contribution in [2.75, 3.05) is 13.1 Å². The molecule has 2 atom stereocenters. The number of piperidine rings is 1. The van der Waals surface area contributed by atoms with Crippen molar-refractivity contribution in [3.8, 4) is 5.75 Å². The quantitative estimate of drug-likeness (QED) is 0.742. The monoisotopic (exact) mass is 252 g/mol. The molecule has 1 saturated heterocycles. The van der Waals surface area contributed by atoms with Crippen LogP contribution < -0.4 is 10.6 Å². The molecule has 5 heteroatoms.